The van der Waals surface area contributed by atoms with Crippen molar-refractivity contribution in [2.75, 3.05) is 39.0 Å². The summed E-state index contributed by atoms with van der Waals surface area (Å²) in [4.78, 5) is 27.9. The third-order valence-electron chi connectivity index (χ3n) is 4.09. The first kappa shape index (κ1) is 18.5. The standard InChI is InChI=1S/C17H25ClN4O2/c1-21(2)10-11-22-15(6-7-16(22)23)8-9-19-17(24)20-14-5-3-4-13(18)12-14/h3-5,12,15H,6-11H2,1-2H3,(H2,19,20,24)/t15-/m0/s1. The summed E-state index contributed by atoms with van der Waals surface area (Å²) in [7, 11) is 3.99. The van der Waals surface area contributed by atoms with Crippen LogP contribution in [-0.4, -0.2) is 61.5 Å². The lowest BCUT2D eigenvalue weighted by atomic mass is 10.1. The molecule has 24 heavy (non-hydrogen) atoms. The summed E-state index contributed by atoms with van der Waals surface area (Å²) in [6, 6.07) is 6.96. The van der Waals surface area contributed by atoms with Gasteiger partial charge < -0.3 is 20.4 Å². The Morgan fingerprint density at radius 3 is 2.92 bits per heavy atom. The van der Waals surface area contributed by atoms with Crippen molar-refractivity contribution in [3.05, 3.63) is 29.3 Å². The van der Waals surface area contributed by atoms with E-state index >= 15 is 0 Å². The predicted octanol–water partition coefficient (Wildman–Crippen LogP) is 2.40. The zero-order chi connectivity index (χ0) is 17.5. The minimum atomic E-state index is -0.263. The largest absolute Gasteiger partial charge is 0.338 e. The van der Waals surface area contributed by atoms with Crippen molar-refractivity contribution in [3.63, 3.8) is 0 Å². The van der Waals surface area contributed by atoms with E-state index < -0.39 is 0 Å². The van der Waals surface area contributed by atoms with E-state index in [1.54, 1.807) is 24.3 Å². The van der Waals surface area contributed by atoms with Crippen molar-refractivity contribution in [1.29, 1.82) is 0 Å². The third kappa shape index (κ3) is 5.69. The van der Waals surface area contributed by atoms with Crippen molar-refractivity contribution >= 4 is 29.2 Å². The van der Waals surface area contributed by atoms with E-state index in [1.165, 1.54) is 0 Å². The van der Waals surface area contributed by atoms with Crippen molar-refractivity contribution in [1.82, 2.24) is 15.1 Å². The molecule has 0 saturated carbocycles. The number of halogens is 1. The van der Waals surface area contributed by atoms with Gasteiger partial charge in [0, 0.05) is 42.8 Å². The quantitative estimate of drug-likeness (QED) is 0.792. The zero-order valence-corrected chi connectivity index (χ0v) is 15.0. The molecule has 0 bridgehead atoms. The Kier molecular flexibility index (Phi) is 6.87. The number of likely N-dealkylation sites (N-methyl/N-ethyl adjacent to an activating group) is 1. The molecule has 1 aromatic carbocycles. The van der Waals surface area contributed by atoms with Crippen LogP contribution in [0.4, 0.5) is 10.5 Å². The second-order valence-electron chi connectivity index (χ2n) is 6.26. The number of anilines is 1. The molecule has 1 aliphatic rings. The average Bonchev–Trinajstić information content (AvgIpc) is 2.85. The molecular weight excluding hydrogens is 328 g/mol. The Morgan fingerprint density at radius 1 is 1.42 bits per heavy atom. The van der Waals surface area contributed by atoms with Gasteiger partial charge in [-0.05, 0) is 45.1 Å². The molecule has 6 nitrogen and oxygen atoms in total. The number of benzene rings is 1. The summed E-state index contributed by atoms with van der Waals surface area (Å²) in [5.74, 6) is 0.213. The maximum Gasteiger partial charge on any atom is 0.319 e. The second-order valence-corrected chi connectivity index (χ2v) is 6.70. The van der Waals surface area contributed by atoms with Crippen LogP contribution in [0.25, 0.3) is 0 Å². The maximum atomic E-state index is 12.0. The molecule has 7 heteroatoms. The molecule has 1 heterocycles. The molecule has 3 amide bonds. The first-order chi connectivity index (χ1) is 11.5. The summed E-state index contributed by atoms with van der Waals surface area (Å²) >= 11 is 5.89. The fourth-order valence-electron chi connectivity index (χ4n) is 2.80. The fraction of sp³-hybridized carbons (Fsp3) is 0.529. The molecule has 0 aromatic heterocycles. The van der Waals surface area contributed by atoms with Crippen LogP contribution in [0.2, 0.25) is 5.02 Å². The number of carbonyl (C=O) groups is 2. The number of urea groups is 1. The van der Waals surface area contributed by atoms with E-state index in [0.29, 0.717) is 23.7 Å². The van der Waals surface area contributed by atoms with Gasteiger partial charge in [-0.1, -0.05) is 17.7 Å². The summed E-state index contributed by atoms with van der Waals surface area (Å²) in [5.41, 5.74) is 0.656. The molecule has 0 unspecified atom stereocenters. The first-order valence-corrected chi connectivity index (χ1v) is 8.58. The predicted molar refractivity (Wildman–Crippen MR) is 96.4 cm³/mol. The van der Waals surface area contributed by atoms with Crippen LogP contribution in [0.5, 0.6) is 0 Å². The van der Waals surface area contributed by atoms with E-state index in [1.807, 2.05) is 19.0 Å². The number of hydrogen-bond acceptors (Lipinski definition) is 3. The number of nitrogens with one attached hydrogen (secondary N) is 2. The van der Waals surface area contributed by atoms with Gasteiger partial charge in [-0.15, -0.1) is 0 Å². The average molecular weight is 353 g/mol. The minimum Gasteiger partial charge on any atom is -0.338 e. The zero-order valence-electron chi connectivity index (χ0n) is 14.2. The normalized spacial score (nSPS) is 17.4. The van der Waals surface area contributed by atoms with Gasteiger partial charge in [0.2, 0.25) is 5.91 Å². The van der Waals surface area contributed by atoms with Gasteiger partial charge in [-0.25, -0.2) is 4.79 Å². The Hall–Kier alpha value is -1.79. The van der Waals surface area contributed by atoms with E-state index in [9.17, 15) is 9.59 Å². The van der Waals surface area contributed by atoms with Crippen molar-refractivity contribution in [2.45, 2.75) is 25.3 Å². The van der Waals surface area contributed by atoms with E-state index in [0.717, 1.165) is 25.9 Å². The van der Waals surface area contributed by atoms with Crippen LogP contribution in [0.15, 0.2) is 24.3 Å². The van der Waals surface area contributed by atoms with Crippen LogP contribution in [-0.2, 0) is 4.79 Å². The summed E-state index contributed by atoms with van der Waals surface area (Å²) in [6.07, 6.45) is 2.23. The number of amides is 3. The maximum absolute atomic E-state index is 12.0. The van der Waals surface area contributed by atoms with Gasteiger partial charge in [0.05, 0.1) is 0 Å². The second kappa shape index (κ2) is 8.89. The lowest BCUT2D eigenvalue weighted by Gasteiger charge is -2.26. The SMILES string of the molecule is CN(C)CCN1C(=O)CC[C@H]1CCNC(=O)Nc1cccc(Cl)c1. The third-order valence-corrected chi connectivity index (χ3v) is 4.32. The number of likely N-dealkylation sites (tertiary alicyclic amines) is 1. The van der Waals surface area contributed by atoms with E-state index in [-0.39, 0.29) is 18.0 Å². The highest BCUT2D eigenvalue weighted by Gasteiger charge is 2.30. The molecular formula is C17H25ClN4O2. The van der Waals surface area contributed by atoms with E-state index in [2.05, 4.69) is 15.5 Å². The fourth-order valence-corrected chi connectivity index (χ4v) is 2.99. The topological polar surface area (TPSA) is 64.7 Å². The van der Waals surface area contributed by atoms with Gasteiger partial charge >= 0.3 is 6.03 Å². The Labute approximate surface area is 148 Å². The van der Waals surface area contributed by atoms with Crippen LogP contribution < -0.4 is 10.6 Å². The molecule has 2 N–H and O–H groups in total. The monoisotopic (exact) mass is 352 g/mol. The lowest BCUT2D eigenvalue weighted by Crippen LogP contribution is -2.40. The van der Waals surface area contributed by atoms with Gasteiger partial charge in [0.15, 0.2) is 0 Å². The molecule has 1 atom stereocenters. The summed E-state index contributed by atoms with van der Waals surface area (Å²) in [5, 5.41) is 6.16. The minimum absolute atomic E-state index is 0.212. The lowest BCUT2D eigenvalue weighted by molar-refractivity contribution is -0.129. The molecule has 0 radical (unpaired) electrons. The molecule has 0 aliphatic carbocycles. The molecule has 1 saturated heterocycles. The number of rotatable bonds is 7. The number of nitrogens with zero attached hydrogens (tertiary/aromatic N) is 2. The highest BCUT2D eigenvalue weighted by atomic mass is 35.5. The van der Waals surface area contributed by atoms with Crippen LogP contribution in [0.1, 0.15) is 19.3 Å². The highest BCUT2D eigenvalue weighted by molar-refractivity contribution is 6.30. The van der Waals surface area contributed by atoms with Crippen molar-refractivity contribution in [2.24, 2.45) is 0 Å². The highest BCUT2D eigenvalue weighted by Crippen LogP contribution is 2.20. The van der Waals surface area contributed by atoms with E-state index in [4.69, 9.17) is 11.6 Å². The molecule has 0 spiro atoms. The molecule has 1 fully saturated rings. The van der Waals surface area contributed by atoms with Gasteiger partial charge in [0.1, 0.15) is 0 Å². The van der Waals surface area contributed by atoms with Gasteiger partial charge in [0.25, 0.3) is 0 Å². The summed E-state index contributed by atoms with van der Waals surface area (Å²) in [6.45, 7) is 2.12. The van der Waals surface area contributed by atoms with Crippen LogP contribution >= 0.6 is 11.6 Å². The Bertz CT molecular complexity index is 579. The van der Waals surface area contributed by atoms with Crippen LogP contribution in [0, 0.1) is 0 Å². The van der Waals surface area contributed by atoms with Crippen molar-refractivity contribution in [3.8, 4) is 0 Å². The molecule has 1 aromatic rings. The summed E-state index contributed by atoms with van der Waals surface area (Å²) < 4.78 is 0. The number of hydrogen-bond donors (Lipinski definition) is 2. The molecule has 1 aliphatic heterocycles. The molecule has 2 rings (SSSR count). The smallest absolute Gasteiger partial charge is 0.319 e. The van der Waals surface area contributed by atoms with Crippen LogP contribution in [0.3, 0.4) is 0 Å². The molecule has 132 valence electrons. The van der Waals surface area contributed by atoms with Gasteiger partial charge in [-0.2, -0.15) is 0 Å². The van der Waals surface area contributed by atoms with Crippen molar-refractivity contribution < 1.29 is 9.59 Å². The Morgan fingerprint density at radius 2 is 2.21 bits per heavy atom. The first-order valence-electron chi connectivity index (χ1n) is 8.20. The van der Waals surface area contributed by atoms with Gasteiger partial charge in [-0.3, -0.25) is 4.79 Å². The number of carbonyl (C=O) groups excluding carboxylic acids is 2. The Balaban J connectivity index is 1.74.